The quantitative estimate of drug-likeness (QED) is 0.538. The van der Waals surface area contributed by atoms with Gasteiger partial charge in [0, 0.05) is 5.39 Å². The number of carboxylic acid groups (broad SMARTS) is 1. The molecular formula is C17H18O9. The molecule has 4 N–H and O–H groups in total. The molecular weight excluding hydrogens is 348 g/mol. The minimum atomic E-state index is -1.82. The van der Waals surface area contributed by atoms with Crippen molar-refractivity contribution in [1.29, 1.82) is 0 Å². The lowest BCUT2D eigenvalue weighted by atomic mass is 9.99. The molecule has 2 aromatic rings. The molecule has 1 aromatic carbocycles. The van der Waals surface area contributed by atoms with Gasteiger partial charge < -0.3 is 34.3 Å². The number of benzene rings is 1. The molecule has 2 heterocycles. The van der Waals surface area contributed by atoms with Crippen LogP contribution in [0.25, 0.3) is 11.0 Å². The van der Waals surface area contributed by atoms with E-state index < -0.39 is 48.4 Å². The average Bonchev–Trinajstić information content (AvgIpc) is 2.61. The van der Waals surface area contributed by atoms with E-state index in [1.165, 1.54) is 6.92 Å². The summed E-state index contributed by atoms with van der Waals surface area (Å²) in [6.45, 7) is 1.49. The Morgan fingerprint density at radius 1 is 1.15 bits per heavy atom. The first kappa shape index (κ1) is 18.5. The van der Waals surface area contributed by atoms with Crippen molar-refractivity contribution in [3.8, 4) is 0 Å². The summed E-state index contributed by atoms with van der Waals surface area (Å²) in [6.07, 6.45) is -9.57. The minimum Gasteiger partial charge on any atom is -0.479 e. The molecule has 1 fully saturated rings. The lowest BCUT2D eigenvalue weighted by Crippen LogP contribution is -2.60. The molecule has 1 aliphatic rings. The third kappa shape index (κ3) is 3.35. The monoisotopic (exact) mass is 366 g/mol. The number of aliphatic carboxylic acids is 1. The standard InChI is InChI=1S/C17H18O9/c1-7(9-6-8-4-2-3-5-10(8)25-16(9)23)24-17-13(20)11(18)12(19)14(26-17)15(21)22/h2-7,11-14,17-20H,1H3,(H,21,22). The lowest BCUT2D eigenvalue weighted by molar-refractivity contribution is -0.304. The summed E-state index contributed by atoms with van der Waals surface area (Å²) in [5, 5.41) is 39.2. The van der Waals surface area contributed by atoms with E-state index in [1.807, 2.05) is 0 Å². The van der Waals surface area contributed by atoms with Crippen LogP contribution in [-0.4, -0.2) is 57.1 Å². The molecule has 6 atom stereocenters. The molecule has 1 aliphatic heterocycles. The number of hydrogen-bond acceptors (Lipinski definition) is 8. The molecule has 1 aromatic heterocycles. The fourth-order valence-corrected chi connectivity index (χ4v) is 2.80. The van der Waals surface area contributed by atoms with Gasteiger partial charge in [0.05, 0.1) is 11.7 Å². The molecule has 3 rings (SSSR count). The van der Waals surface area contributed by atoms with Crippen molar-refractivity contribution in [3.05, 3.63) is 46.3 Å². The van der Waals surface area contributed by atoms with Crippen molar-refractivity contribution < 1.29 is 39.1 Å². The zero-order chi connectivity index (χ0) is 19.0. The van der Waals surface area contributed by atoms with Crippen molar-refractivity contribution in [2.45, 2.75) is 43.7 Å². The summed E-state index contributed by atoms with van der Waals surface area (Å²) < 4.78 is 15.7. The molecule has 9 heteroatoms. The Morgan fingerprint density at radius 2 is 1.85 bits per heavy atom. The smallest absolute Gasteiger partial charge is 0.342 e. The number of hydrogen-bond donors (Lipinski definition) is 4. The molecule has 140 valence electrons. The SMILES string of the molecule is CC(OC1OC(C(=O)O)C(O)C(O)C1O)c1cc2ccccc2oc1=O. The highest BCUT2D eigenvalue weighted by atomic mass is 16.7. The first-order chi connectivity index (χ1) is 12.3. The van der Waals surface area contributed by atoms with Crippen molar-refractivity contribution in [2.24, 2.45) is 0 Å². The number of carboxylic acids is 1. The van der Waals surface area contributed by atoms with Crippen LogP contribution in [0.15, 0.2) is 39.5 Å². The van der Waals surface area contributed by atoms with Gasteiger partial charge in [0.15, 0.2) is 12.4 Å². The van der Waals surface area contributed by atoms with E-state index in [0.29, 0.717) is 11.0 Å². The number of aliphatic hydroxyl groups is 3. The van der Waals surface area contributed by atoms with Crippen LogP contribution in [0.2, 0.25) is 0 Å². The summed E-state index contributed by atoms with van der Waals surface area (Å²) in [4.78, 5) is 23.3. The van der Waals surface area contributed by atoms with Crippen molar-refractivity contribution in [1.82, 2.24) is 0 Å². The number of ether oxygens (including phenoxy) is 2. The van der Waals surface area contributed by atoms with Gasteiger partial charge in [0.1, 0.15) is 23.9 Å². The Hall–Kier alpha value is -2.30. The molecule has 1 saturated heterocycles. The zero-order valence-corrected chi connectivity index (χ0v) is 13.7. The van der Waals surface area contributed by atoms with Crippen LogP contribution in [0.3, 0.4) is 0 Å². The normalized spacial score (nSPS) is 30.2. The van der Waals surface area contributed by atoms with E-state index in [2.05, 4.69) is 0 Å². The molecule has 0 saturated carbocycles. The van der Waals surface area contributed by atoms with E-state index >= 15 is 0 Å². The van der Waals surface area contributed by atoms with Crippen LogP contribution >= 0.6 is 0 Å². The summed E-state index contributed by atoms with van der Waals surface area (Å²) in [6, 6.07) is 8.41. The molecule has 0 aliphatic carbocycles. The third-order valence-corrected chi connectivity index (χ3v) is 4.26. The number of fused-ring (bicyclic) bond motifs is 1. The Balaban J connectivity index is 1.85. The summed E-state index contributed by atoms with van der Waals surface area (Å²) in [5.74, 6) is -1.52. The number of aliphatic hydroxyl groups excluding tert-OH is 3. The zero-order valence-electron chi connectivity index (χ0n) is 13.7. The second kappa shape index (κ2) is 7.14. The fourth-order valence-electron chi connectivity index (χ4n) is 2.80. The van der Waals surface area contributed by atoms with Gasteiger partial charge in [-0.25, -0.2) is 9.59 Å². The molecule has 0 amide bonds. The van der Waals surface area contributed by atoms with Gasteiger partial charge in [0.25, 0.3) is 0 Å². The lowest BCUT2D eigenvalue weighted by Gasteiger charge is -2.39. The molecule has 6 unspecified atom stereocenters. The molecule has 26 heavy (non-hydrogen) atoms. The number of para-hydroxylation sites is 1. The largest absolute Gasteiger partial charge is 0.479 e. The summed E-state index contributed by atoms with van der Waals surface area (Å²) in [5.41, 5.74) is -0.129. The number of rotatable bonds is 4. The van der Waals surface area contributed by atoms with Gasteiger partial charge >= 0.3 is 11.6 Å². The van der Waals surface area contributed by atoms with Crippen LogP contribution in [0.1, 0.15) is 18.6 Å². The van der Waals surface area contributed by atoms with E-state index in [-0.39, 0.29) is 5.56 Å². The molecule has 9 nitrogen and oxygen atoms in total. The van der Waals surface area contributed by atoms with Gasteiger partial charge in [-0.1, -0.05) is 18.2 Å². The second-order valence-electron chi connectivity index (χ2n) is 6.04. The van der Waals surface area contributed by atoms with Crippen LogP contribution in [0.4, 0.5) is 0 Å². The number of carbonyl (C=O) groups is 1. The molecule has 0 radical (unpaired) electrons. The molecule has 0 bridgehead atoms. The summed E-state index contributed by atoms with van der Waals surface area (Å²) >= 11 is 0. The minimum absolute atomic E-state index is 0.131. The van der Waals surface area contributed by atoms with Crippen LogP contribution < -0.4 is 5.63 Å². The third-order valence-electron chi connectivity index (χ3n) is 4.26. The maximum Gasteiger partial charge on any atom is 0.342 e. The van der Waals surface area contributed by atoms with E-state index in [9.17, 15) is 24.9 Å². The van der Waals surface area contributed by atoms with Gasteiger partial charge in [0.2, 0.25) is 0 Å². The predicted octanol–water partition coefficient (Wildman–Crippen LogP) is -0.237. The fraction of sp³-hybridized carbons (Fsp3) is 0.412. The Kier molecular flexibility index (Phi) is 5.08. The van der Waals surface area contributed by atoms with Crippen molar-refractivity contribution in [3.63, 3.8) is 0 Å². The van der Waals surface area contributed by atoms with Crippen molar-refractivity contribution >= 4 is 16.9 Å². The highest BCUT2D eigenvalue weighted by Crippen LogP contribution is 2.27. The molecule has 0 spiro atoms. The van der Waals surface area contributed by atoms with E-state index in [1.54, 1.807) is 30.3 Å². The predicted molar refractivity (Wildman–Crippen MR) is 86.3 cm³/mol. The topological polar surface area (TPSA) is 147 Å². The maximum absolute atomic E-state index is 12.2. The highest BCUT2D eigenvalue weighted by molar-refractivity contribution is 5.76. The van der Waals surface area contributed by atoms with Gasteiger partial charge in [-0.3, -0.25) is 0 Å². The van der Waals surface area contributed by atoms with Gasteiger partial charge in [-0.05, 0) is 19.1 Å². The van der Waals surface area contributed by atoms with Crippen LogP contribution in [0.5, 0.6) is 0 Å². The van der Waals surface area contributed by atoms with E-state index in [4.69, 9.17) is 19.0 Å². The average molecular weight is 366 g/mol. The van der Waals surface area contributed by atoms with Crippen LogP contribution in [0, 0.1) is 0 Å². The first-order valence-corrected chi connectivity index (χ1v) is 7.90. The Morgan fingerprint density at radius 3 is 2.54 bits per heavy atom. The Labute approximate surface area is 147 Å². The highest BCUT2D eigenvalue weighted by Gasteiger charge is 2.48. The second-order valence-corrected chi connectivity index (χ2v) is 6.04. The van der Waals surface area contributed by atoms with Crippen LogP contribution in [-0.2, 0) is 14.3 Å². The van der Waals surface area contributed by atoms with E-state index in [0.717, 1.165) is 0 Å². The Bertz CT molecular complexity index is 861. The maximum atomic E-state index is 12.2. The first-order valence-electron chi connectivity index (χ1n) is 7.90. The summed E-state index contributed by atoms with van der Waals surface area (Å²) in [7, 11) is 0. The van der Waals surface area contributed by atoms with Crippen molar-refractivity contribution in [2.75, 3.05) is 0 Å². The van der Waals surface area contributed by atoms with Gasteiger partial charge in [-0.2, -0.15) is 0 Å². The van der Waals surface area contributed by atoms with Gasteiger partial charge in [-0.15, -0.1) is 0 Å².